The number of anilines is 2. The molecule has 2 aromatic carbocycles. The van der Waals surface area contributed by atoms with Crippen molar-refractivity contribution in [1.29, 1.82) is 0 Å². The average molecular weight is 436 g/mol. The van der Waals surface area contributed by atoms with Gasteiger partial charge in [-0.05, 0) is 46.9 Å². The van der Waals surface area contributed by atoms with Gasteiger partial charge < -0.3 is 10.1 Å². The number of nitrogens with zero attached hydrogens (tertiary/aromatic N) is 1. The number of carbonyl (C=O) groups excluding carboxylic acids is 3. The Labute approximate surface area is 151 Å². The van der Waals surface area contributed by atoms with E-state index in [0.717, 1.165) is 3.57 Å². The number of benzene rings is 2. The highest BCUT2D eigenvalue weighted by atomic mass is 127. The summed E-state index contributed by atoms with van der Waals surface area (Å²) in [6.45, 7) is -0.526. The van der Waals surface area contributed by atoms with Crippen molar-refractivity contribution in [2.75, 3.05) is 23.4 Å². The minimum Gasteiger partial charge on any atom is -0.452 e. The van der Waals surface area contributed by atoms with E-state index in [0.29, 0.717) is 16.9 Å². The van der Waals surface area contributed by atoms with Gasteiger partial charge in [0, 0.05) is 3.57 Å². The third-order valence-electron chi connectivity index (χ3n) is 3.49. The molecule has 7 heteroatoms. The molecule has 6 nitrogen and oxygen atoms in total. The number of esters is 1. The number of hydrogen-bond donors (Lipinski definition) is 1. The summed E-state index contributed by atoms with van der Waals surface area (Å²) >= 11 is 2.03. The van der Waals surface area contributed by atoms with Crippen molar-refractivity contribution in [3.63, 3.8) is 0 Å². The Bertz CT molecular complexity index is 822. The molecule has 1 aliphatic rings. The van der Waals surface area contributed by atoms with Crippen LogP contribution in [0.15, 0.2) is 48.5 Å². The van der Waals surface area contributed by atoms with Gasteiger partial charge in [0.2, 0.25) is 5.91 Å². The van der Waals surface area contributed by atoms with E-state index in [2.05, 4.69) is 5.32 Å². The van der Waals surface area contributed by atoms with E-state index in [1.165, 1.54) is 4.90 Å². The molecule has 0 aliphatic carbocycles. The molecule has 0 spiro atoms. The number of carbonyl (C=O) groups is 3. The van der Waals surface area contributed by atoms with Gasteiger partial charge >= 0.3 is 5.97 Å². The number of nitrogens with one attached hydrogen (secondary N) is 1. The lowest BCUT2D eigenvalue weighted by Crippen LogP contribution is -2.44. The van der Waals surface area contributed by atoms with Crippen LogP contribution >= 0.6 is 22.6 Å². The fourth-order valence-electron chi connectivity index (χ4n) is 2.37. The van der Waals surface area contributed by atoms with Crippen molar-refractivity contribution in [2.45, 2.75) is 0 Å². The van der Waals surface area contributed by atoms with Crippen LogP contribution in [0, 0.1) is 3.57 Å². The lowest BCUT2D eigenvalue weighted by molar-refractivity contribution is -0.124. The van der Waals surface area contributed by atoms with E-state index < -0.39 is 18.5 Å². The number of hydrogen-bond acceptors (Lipinski definition) is 4. The Morgan fingerprint density at radius 3 is 2.62 bits per heavy atom. The lowest BCUT2D eigenvalue weighted by atomic mass is 10.2. The number of ether oxygens (including phenoxy) is 1. The van der Waals surface area contributed by atoms with Crippen LogP contribution in [0.3, 0.4) is 0 Å². The molecule has 3 rings (SSSR count). The number of amides is 2. The van der Waals surface area contributed by atoms with Crippen LogP contribution in [-0.2, 0) is 14.3 Å². The first-order chi connectivity index (χ1) is 11.6. The molecule has 2 aromatic rings. The van der Waals surface area contributed by atoms with Crippen LogP contribution in [0.2, 0.25) is 0 Å². The molecule has 122 valence electrons. The SMILES string of the molecule is O=C1CN(C(=O)COC(=O)c2ccccc2I)c2ccccc2N1. The van der Waals surface area contributed by atoms with Gasteiger partial charge in [-0.3, -0.25) is 14.5 Å². The molecule has 0 atom stereocenters. The topological polar surface area (TPSA) is 75.7 Å². The summed E-state index contributed by atoms with van der Waals surface area (Å²) < 4.78 is 5.85. The van der Waals surface area contributed by atoms with Gasteiger partial charge in [0.05, 0.1) is 16.9 Å². The molecular weight excluding hydrogens is 423 g/mol. The van der Waals surface area contributed by atoms with Crippen LogP contribution in [0.5, 0.6) is 0 Å². The van der Waals surface area contributed by atoms with Gasteiger partial charge in [0.1, 0.15) is 6.54 Å². The third-order valence-corrected chi connectivity index (χ3v) is 4.43. The first kappa shape index (κ1) is 16.4. The van der Waals surface area contributed by atoms with Crippen molar-refractivity contribution in [2.24, 2.45) is 0 Å². The number of para-hydroxylation sites is 2. The van der Waals surface area contributed by atoms with Gasteiger partial charge in [-0.25, -0.2) is 4.79 Å². The molecule has 0 fully saturated rings. The number of halogens is 1. The standard InChI is InChI=1S/C17H13IN2O4/c18-12-6-2-1-5-11(12)17(23)24-10-16(22)20-9-15(21)19-13-7-3-4-8-14(13)20/h1-8H,9-10H2,(H,19,21). The normalized spacial score (nSPS) is 13.0. The molecule has 0 unspecified atom stereocenters. The van der Waals surface area contributed by atoms with Crippen LogP contribution in [-0.4, -0.2) is 30.9 Å². The van der Waals surface area contributed by atoms with Gasteiger partial charge in [-0.1, -0.05) is 24.3 Å². The van der Waals surface area contributed by atoms with E-state index in [1.807, 2.05) is 28.7 Å². The molecule has 0 aromatic heterocycles. The highest BCUT2D eigenvalue weighted by Gasteiger charge is 2.27. The summed E-state index contributed by atoms with van der Waals surface area (Å²) in [5, 5.41) is 2.70. The largest absolute Gasteiger partial charge is 0.452 e. The zero-order valence-electron chi connectivity index (χ0n) is 12.5. The predicted octanol–water partition coefficient (Wildman–Crippen LogP) is 2.43. The summed E-state index contributed by atoms with van der Waals surface area (Å²) in [5.74, 6) is -1.30. The summed E-state index contributed by atoms with van der Waals surface area (Å²) in [7, 11) is 0. The Morgan fingerprint density at radius 2 is 1.83 bits per heavy atom. The first-order valence-corrected chi connectivity index (χ1v) is 8.25. The number of rotatable bonds is 3. The first-order valence-electron chi connectivity index (χ1n) is 7.17. The van der Waals surface area contributed by atoms with E-state index in [-0.39, 0.29) is 12.5 Å². The van der Waals surface area contributed by atoms with Gasteiger partial charge in [-0.2, -0.15) is 0 Å². The second-order valence-electron chi connectivity index (χ2n) is 5.10. The molecule has 2 amide bonds. The van der Waals surface area contributed by atoms with Gasteiger partial charge in [-0.15, -0.1) is 0 Å². The van der Waals surface area contributed by atoms with Gasteiger partial charge in [0.15, 0.2) is 6.61 Å². The molecule has 1 N–H and O–H groups in total. The molecule has 1 aliphatic heterocycles. The fourth-order valence-corrected chi connectivity index (χ4v) is 2.97. The summed E-state index contributed by atoms with van der Waals surface area (Å²) in [6, 6.07) is 13.9. The Morgan fingerprint density at radius 1 is 1.12 bits per heavy atom. The Hall–Kier alpha value is -2.42. The second kappa shape index (κ2) is 7.00. The monoisotopic (exact) mass is 436 g/mol. The van der Waals surface area contributed by atoms with Crippen molar-refractivity contribution < 1.29 is 19.1 Å². The van der Waals surface area contributed by atoms with Crippen molar-refractivity contribution >= 4 is 51.7 Å². The maximum Gasteiger partial charge on any atom is 0.339 e. The highest BCUT2D eigenvalue weighted by Crippen LogP contribution is 2.28. The quantitative estimate of drug-likeness (QED) is 0.593. The summed E-state index contributed by atoms with van der Waals surface area (Å²) in [4.78, 5) is 37.5. The maximum absolute atomic E-state index is 12.4. The van der Waals surface area contributed by atoms with E-state index in [1.54, 1.807) is 42.5 Å². The molecule has 1 heterocycles. The molecule has 0 saturated heterocycles. The second-order valence-corrected chi connectivity index (χ2v) is 6.26. The molecule has 0 radical (unpaired) electrons. The smallest absolute Gasteiger partial charge is 0.339 e. The van der Waals surface area contributed by atoms with Gasteiger partial charge in [0.25, 0.3) is 5.91 Å². The van der Waals surface area contributed by atoms with E-state index in [4.69, 9.17) is 4.74 Å². The molecule has 0 bridgehead atoms. The van der Waals surface area contributed by atoms with Crippen LogP contribution in [0.25, 0.3) is 0 Å². The van der Waals surface area contributed by atoms with Crippen molar-refractivity contribution in [3.8, 4) is 0 Å². The maximum atomic E-state index is 12.4. The zero-order chi connectivity index (χ0) is 17.1. The van der Waals surface area contributed by atoms with Crippen LogP contribution in [0.1, 0.15) is 10.4 Å². The van der Waals surface area contributed by atoms with E-state index in [9.17, 15) is 14.4 Å². The van der Waals surface area contributed by atoms with Crippen molar-refractivity contribution in [1.82, 2.24) is 0 Å². The predicted molar refractivity (Wildman–Crippen MR) is 96.9 cm³/mol. The Balaban J connectivity index is 1.71. The summed E-state index contributed by atoms with van der Waals surface area (Å²) in [5.41, 5.74) is 1.56. The van der Waals surface area contributed by atoms with Crippen LogP contribution < -0.4 is 10.2 Å². The van der Waals surface area contributed by atoms with E-state index >= 15 is 0 Å². The average Bonchev–Trinajstić information content (AvgIpc) is 2.59. The molecule has 24 heavy (non-hydrogen) atoms. The summed E-state index contributed by atoms with van der Waals surface area (Å²) in [6.07, 6.45) is 0. The highest BCUT2D eigenvalue weighted by molar-refractivity contribution is 14.1. The molecule has 0 saturated carbocycles. The number of fused-ring (bicyclic) bond motifs is 1. The minimum atomic E-state index is -0.567. The zero-order valence-corrected chi connectivity index (χ0v) is 14.6. The van der Waals surface area contributed by atoms with Crippen LogP contribution in [0.4, 0.5) is 11.4 Å². The Kier molecular flexibility index (Phi) is 4.79. The van der Waals surface area contributed by atoms with Crippen molar-refractivity contribution in [3.05, 3.63) is 57.7 Å². The third kappa shape index (κ3) is 3.40. The molecular formula is C17H13IN2O4. The fraction of sp³-hybridized carbons (Fsp3) is 0.118. The minimum absolute atomic E-state index is 0.101. The lowest BCUT2D eigenvalue weighted by Gasteiger charge is -2.28.